The molecule has 27 heavy (non-hydrogen) atoms. The summed E-state index contributed by atoms with van der Waals surface area (Å²) in [6, 6.07) is 13.5. The smallest absolute Gasteiger partial charge is 0.291 e. The number of carbonyl (C=O) groups excluding carboxylic acids is 1. The van der Waals surface area contributed by atoms with Crippen molar-refractivity contribution in [3.63, 3.8) is 0 Å². The molecule has 3 rings (SSSR count). The van der Waals surface area contributed by atoms with E-state index in [4.69, 9.17) is 16.3 Å². The Labute approximate surface area is 163 Å². The summed E-state index contributed by atoms with van der Waals surface area (Å²) in [4.78, 5) is 16.9. The summed E-state index contributed by atoms with van der Waals surface area (Å²) >= 11 is 6.29. The third-order valence-electron chi connectivity index (χ3n) is 4.15. The fourth-order valence-corrected chi connectivity index (χ4v) is 2.89. The van der Waals surface area contributed by atoms with Gasteiger partial charge in [0.05, 0.1) is 12.3 Å². The zero-order valence-corrected chi connectivity index (χ0v) is 16.2. The Morgan fingerprint density at radius 1 is 1.22 bits per heavy atom. The second kappa shape index (κ2) is 8.33. The monoisotopic (exact) mass is 384 g/mol. The van der Waals surface area contributed by atoms with Gasteiger partial charge in [-0.25, -0.2) is 9.67 Å². The molecule has 2 aromatic carbocycles. The molecule has 0 saturated heterocycles. The fourth-order valence-electron chi connectivity index (χ4n) is 2.72. The number of halogens is 1. The standard InChI is InChI=1S/C20H21ClN4O2/c1-13-6-4-7-15(12-13)19-23-18(20(26)22-10-11-27-3)24-25(19)17-9-5-8-16(21)14(17)2/h4-9,12H,10-11H2,1-3H3,(H,22,26). The molecule has 6 nitrogen and oxygen atoms in total. The Morgan fingerprint density at radius 2 is 2.00 bits per heavy atom. The molecular formula is C20H21ClN4O2. The lowest BCUT2D eigenvalue weighted by atomic mass is 10.1. The first-order chi connectivity index (χ1) is 13.0. The van der Waals surface area contributed by atoms with E-state index in [0.717, 1.165) is 22.4 Å². The summed E-state index contributed by atoms with van der Waals surface area (Å²) in [6.45, 7) is 4.73. The molecule has 0 fully saturated rings. The van der Waals surface area contributed by atoms with Gasteiger partial charge in [-0.2, -0.15) is 0 Å². The van der Waals surface area contributed by atoms with Gasteiger partial charge in [0.1, 0.15) is 0 Å². The van der Waals surface area contributed by atoms with Crippen LogP contribution < -0.4 is 5.32 Å². The highest BCUT2D eigenvalue weighted by Gasteiger charge is 2.20. The summed E-state index contributed by atoms with van der Waals surface area (Å²) in [5.74, 6) is 0.335. The van der Waals surface area contributed by atoms with Gasteiger partial charge in [0.2, 0.25) is 5.82 Å². The van der Waals surface area contributed by atoms with Crippen molar-refractivity contribution in [3.05, 3.63) is 64.4 Å². The van der Waals surface area contributed by atoms with Crippen LogP contribution in [-0.4, -0.2) is 40.9 Å². The molecule has 0 aliphatic carbocycles. The molecule has 1 aromatic heterocycles. The van der Waals surface area contributed by atoms with Crippen molar-refractivity contribution in [1.29, 1.82) is 0 Å². The molecule has 140 valence electrons. The van der Waals surface area contributed by atoms with Crippen LogP contribution in [0.4, 0.5) is 0 Å². The predicted molar refractivity (Wildman–Crippen MR) is 105 cm³/mol. The van der Waals surface area contributed by atoms with E-state index in [9.17, 15) is 4.79 Å². The first kappa shape index (κ1) is 19.1. The molecule has 0 atom stereocenters. The van der Waals surface area contributed by atoms with E-state index in [2.05, 4.69) is 15.4 Å². The Bertz CT molecular complexity index is 968. The van der Waals surface area contributed by atoms with Gasteiger partial charge in [-0.15, -0.1) is 5.10 Å². The quantitative estimate of drug-likeness (QED) is 0.659. The van der Waals surface area contributed by atoms with Crippen molar-refractivity contribution >= 4 is 17.5 Å². The van der Waals surface area contributed by atoms with Crippen molar-refractivity contribution in [2.24, 2.45) is 0 Å². The van der Waals surface area contributed by atoms with Crippen LogP contribution in [0.15, 0.2) is 42.5 Å². The fraction of sp³-hybridized carbons (Fsp3) is 0.250. The van der Waals surface area contributed by atoms with E-state index < -0.39 is 0 Å². The number of rotatable bonds is 6. The number of hydrogen-bond acceptors (Lipinski definition) is 4. The number of benzene rings is 2. The van der Waals surface area contributed by atoms with Crippen LogP contribution in [0, 0.1) is 13.8 Å². The van der Waals surface area contributed by atoms with Crippen molar-refractivity contribution in [1.82, 2.24) is 20.1 Å². The highest BCUT2D eigenvalue weighted by atomic mass is 35.5. The molecule has 0 aliphatic heterocycles. The molecule has 1 N–H and O–H groups in total. The highest BCUT2D eigenvalue weighted by molar-refractivity contribution is 6.31. The minimum atomic E-state index is -0.348. The van der Waals surface area contributed by atoms with Gasteiger partial charge < -0.3 is 10.1 Å². The van der Waals surface area contributed by atoms with E-state index in [0.29, 0.717) is 24.0 Å². The molecule has 7 heteroatoms. The minimum absolute atomic E-state index is 0.0991. The molecular weight excluding hydrogens is 364 g/mol. The van der Waals surface area contributed by atoms with Crippen molar-refractivity contribution in [2.75, 3.05) is 20.3 Å². The number of amides is 1. The Morgan fingerprint density at radius 3 is 2.74 bits per heavy atom. The molecule has 1 heterocycles. The van der Waals surface area contributed by atoms with Gasteiger partial charge in [-0.05, 0) is 37.6 Å². The largest absolute Gasteiger partial charge is 0.383 e. The van der Waals surface area contributed by atoms with Crippen LogP contribution in [0.25, 0.3) is 17.1 Å². The number of carbonyl (C=O) groups is 1. The molecule has 0 unspecified atom stereocenters. The number of aryl methyl sites for hydroxylation is 1. The van der Waals surface area contributed by atoms with Crippen molar-refractivity contribution in [2.45, 2.75) is 13.8 Å². The Hall–Kier alpha value is -2.70. The zero-order chi connectivity index (χ0) is 19.4. The molecule has 3 aromatic rings. The van der Waals surface area contributed by atoms with Gasteiger partial charge >= 0.3 is 0 Å². The first-order valence-electron chi connectivity index (χ1n) is 8.58. The maximum Gasteiger partial charge on any atom is 0.291 e. The molecule has 1 amide bonds. The maximum absolute atomic E-state index is 12.4. The van der Waals surface area contributed by atoms with Gasteiger partial charge in [0.25, 0.3) is 5.91 Å². The van der Waals surface area contributed by atoms with E-state index in [-0.39, 0.29) is 11.7 Å². The average molecular weight is 385 g/mol. The van der Waals surface area contributed by atoms with Crippen LogP contribution >= 0.6 is 11.6 Å². The second-order valence-electron chi connectivity index (χ2n) is 6.17. The lowest BCUT2D eigenvalue weighted by molar-refractivity contribution is 0.0927. The number of methoxy groups -OCH3 is 1. The lowest BCUT2D eigenvalue weighted by Gasteiger charge is -2.10. The molecule has 0 aliphatic rings. The van der Waals surface area contributed by atoms with E-state index in [1.54, 1.807) is 11.8 Å². The molecule has 0 bridgehead atoms. The third kappa shape index (κ3) is 4.18. The van der Waals surface area contributed by atoms with Crippen molar-refractivity contribution < 1.29 is 9.53 Å². The number of ether oxygens (including phenoxy) is 1. The molecule has 0 radical (unpaired) electrons. The summed E-state index contributed by atoms with van der Waals surface area (Å²) in [7, 11) is 1.58. The summed E-state index contributed by atoms with van der Waals surface area (Å²) in [5, 5.41) is 7.84. The summed E-state index contributed by atoms with van der Waals surface area (Å²) in [6.07, 6.45) is 0. The summed E-state index contributed by atoms with van der Waals surface area (Å²) < 4.78 is 6.63. The lowest BCUT2D eigenvalue weighted by Crippen LogP contribution is -2.28. The van der Waals surface area contributed by atoms with E-state index in [1.165, 1.54) is 0 Å². The number of nitrogens with zero attached hydrogens (tertiary/aromatic N) is 3. The first-order valence-corrected chi connectivity index (χ1v) is 8.95. The van der Waals surface area contributed by atoms with Crippen LogP contribution in [0.2, 0.25) is 5.02 Å². The zero-order valence-electron chi connectivity index (χ0n) is 15.5. The van der Waals surface area contributed by atoms with E-state index in [1.807, 2.05) is 56.3 Å². The van der Waals surface area contributed by atoms with Crippen LogP contribution in [-0.2, 0) is 4.74 Å². The van der Waals surface area contributed by atoms with Gasteiger partial charge in [-0.1, -0.05) is 41.4 Å². The van der Waals surface area contributed by atoms with Crippen LogP contribution in [0.5, 0.6) is 0 Å². The Kier molecular flexibility index (Phi) is 5.88. The minimum Gasteiger partial charge on any atom is -0.383 e. The van der Waals surface area contributed by atoms with Gasteiger partial charge in [0.15, 0.2) is 5.82 Å². The highest BCUT2D eigenvalue weighted by Crippen LogP contribution is 2.27. The second-order valence-corrected chi connectivity index (χ2v) is 6.58. The number of hydrogen-bond donors (Lipinski definition) is 1. The molecule has 0 spiro atoms. The van der Waals surface area contributed by atoms with E-state index >= 15 is 0 Å². The average Bonchev–Trinajstić information content (AvgIpc) is 3.09. The molecule has 0 saturated carbocycles. The van der Waals surface area contributed by atoms with Crippen LogP contribution in [0.1, 0.15) is 21.7 Å². The van der Waals surface area contributed by atoms with Gasteiger partial charge in [-0.3, -0.25) is 4.79 Å². The Balaban J connectivity index is 2.10. The number of nitrogens with one attached hydrogen (secondary N) is 1. The van der Waals surface area contributed by atoms with Gasteiger partial charge in [0, 0.05) is 24.2 Å². The summed E-state index contributed by atoms with van der Waals surface area (Å²) in [5.41, 5.74) is 3.61. The topological polar surface area (TPSA) is 69.0 Å². The normalized spacial score (nSPS) is 10.8. The third-order valence-corrected chi connectivity index (χ3v) is 4.56. The SMILES string of the molecule is COCCNC(=O)c1nc(-c2cccc(C)c2)n(-c2cccc(Cl)c2C)n1. The predicted octanol–water partition coefficient (Wildman–Crippen LogP) is 3.58. The van der Waals surface area contributed by atoms with Crippen molar-refractivity contribution in [3.8, 4) is 17.1 Å². The van der Waals surface area contributed by atoms with Crippen LogP contribution in [0.3, 0.4) is 0 Å². The number of aromatic nitrogens is 3. The maximum atomic E-state index is 12.4.